The quantitative estimate of drug-likeness (QED) is 0.524. The van der Waals surface area contributed by atoms with Crippen LogP contribution >= 0.6 is 0 Å². The summed E-state index contributed by atoms with van der Waals surface area (Å²) in [6.45, 7) is 5.94. The molecule has 0 radical (unpaired) electrons. The molecule has 1 atom stereocenters. The molecular weight excluding hydrogens is 342 g/mol. The number of benzene rings is 3. The van der Waals surface area contributed by atoms with Gasteiger partial charge in [0, 0.05) is 17.3 Å². The summed E-state index contributed by atoms with van der Waals surface area (Å²) in [5.41, 5.74) is 2.50. The molecule has 3 rings (SSSR count). The fourth-order valence-electron chi connectivity index (χ4n) is 3.20. The van der Waals surface area contributed by atoms with E-state index >= 15 is 0 Å². The summed E-state index contributed by atoms with van der Waals surface area (Å²) in [5, 5.41) is 34.3. The van der Waals surface area contributed by atoms with Gasteiger partial charge in [-0.3, -0.25) is 4.79 Å². The second-order valence-electron chi connectivity index (χ2n) is 6.90. The minimum Gasteiger partial charge on any atom is -0.507 e. The summed E-state index contributed by atoms with van der Waals surface area (Å²) in [7, 11) is 0. The summed E-state index contributed by atoms with van der Waals surface area (Å²) < 4.78 is 0. The lowest BCUT2D eigenvalue weighted by atomic mass is 9.95. The van der Waals surface area contributed by atoms with Crippen molar-refractivity contribution in [2.24, 2.45) is 0 Å². The van der Waals surface area contributed by atoms with Crippen molar-refractivity contribution in [3.05, 3.63) is 64.7 Å². The number of hydrogen-bond acceptors (Lipinski definition) is 4. The lowest BCUT2D eigenvalue weighted by molar-refractivity contribution is 0.0950. The minimum atomic E-state index is -0.501. The van der Waals surface area contributed by atoms with Gasteiger partial charge in [0.25, 0.3) is 5.91 Å². The molecule has 27 heavy (non-hydrogen) atoms. The third-order valence-electron chi connectivity index (χ3n) is 5.05. The Hall–Kier alpha value is -3.21. The molecule has 1 amide bonds. The topological polar surface area (TPSA) is 89.8 Å². The predicted molar refractivity (Wildman–Crippen MR) is 106 cm³/mol. The highest BCUT2D eigenvalue weighted by Gasteiger charge is 2.22. The molecule has 0 saturated carbocycles. The van der Waals surface area contributed by atoms with E-state index in [1.54, 1.807) is 13.0 Å². The predicted octanol–water partition coefficient (Wildman–Crippen LogP) is 4.11. The summed E-state index contributed by atoms with van der Waals surface area (Å²) in [5.74, 6) is -1.36. The van der Waals surface area contributed by atoms with E-state index in [1.165, 1.54) is 6.07 Å². The van der Waals surface area contributed by atoms with Crippen LogP contribution in [0, 0.1) is 13.8 Å². The van der Waals surface area contributed by atoms with Crippen molar-refractivity contribution in [2.75, 3.05) is 6.54 Å². The van der Waals surface area contributed by atoms with Crippen molar-refractivity contribution in [3.63, 3.8) is 0 Å². The molecule has 0 aromatic heterocycles. The maximum Gasteiger partial charge on any atom is 0.255 e. The first-order valence-electron chi connectivity index (χ1n) is 8.82. The van der Waals surface area contributed by atoms with E-state index in [4.69, 9.17) is 0 Å². The number of hydrogen-bond donors (Lipinski definition) is 4. The number of phenolic OH excluding ortho intramolecular Hbond substituents is 3. The average Bonchev–Trinajstić information content (AvgIpc) is 2.67. The molecule has 140 valence electrons. The SMILES string of the molecule is Cc1cc2c(C(=O)NC[C@@H](C)c3ccccc3)c(O)c(O)cc2c(O)c1C. The van der Waals surface area contributed by atoms with Gasteiger partial charge in [0.05, 0.1) is 5.56 Å². The van der Waals surface area contributed by atoms with Gasteiger partial charge in [-0.1, -0.05) is 37.3 Å². The number of amides is 1. The van der Waals surface area contributed by atoms with E-state index in [0.717, 1.165) is 11.1 Å². The van der Waals surface area contributed by atoms with Crippen LogP contribution in [0.5, 0.6) is 17.2 Å². The monoisotopic (exact) mass is 365 g/mol. The highest BCUT2D eigenvalue weighted by Crippen LogP contribution is 2.41. The zero-order valence-electron chi connectivity index (χ0n) is 15.6. The van der Waals surface area contributed by atoms with Gasteiger partial charge in [0.1, 0.15) is 5.75 Å². The maximum absolute atomic E-state index is 12.8. The van der Waals surface area contributed by atoms with Crippen LogP contribution in [-0.4, -0.2) is 27.8 Å². The molecule has 0 aliphatic rings. The van der Waals surface area contributed by atoms with Crippen LogP contribution < -0.4 is 5.32 Å². The van der Waals surface area contributed by atoms with Crippen molar-refractivity contribution in [1.82, 2.24) is 5.32 Å². The minimum absolute atomic E-state index is 0.00740. The van der Waals surface area contributed by atoms with Crippen molar-refractivity contribution >= 4 is 16.7 Å². The maximum atomic E-state index is 12.8. The molecule has 0 saturated heterocycles. The average molecular weight is 365 g/mol. The molecule has 0 bridgehead atoms. The summed E-state index contributed by atoms with van der Waals surface area (Å²) in [6, 6.07) is 12.8. The molecule has 0 aliphatic heterocycles. The molecule has 5 heteroatoms. The molecule has 0 heterocycles. The highest BCUT2D eigenvalue weighted by molar-refractivity contribution is 6.12. The molecule has 3 aromatic carbocycles. The number of fused-ring (bicyclic) bond motifs is 1. The number of carbonyl (C=O) groups excluding carboxylic acids is 1. The van der Waals surface area contributed by atoms with Crippen LogP contribution in [0.4, 0.5) is 0 Å². The number of aryl methyl sites for hydroxylation is 1. The third kappa shape index (κ3) is 3.40. The number of nitrogens with one attached hydrogen (secondary N) is 1. The third-order valence-corrected chi connectivity index (χ3v) is 5.05. The number of aromatic hydroxyl groups is 3. The Balaban J connectivity index is 1.98. The Kier molecular flexibility index (Phi) is 4.95. The van der Waals surface area contributed by atoms with Gasteiger partial charge < -0.3 is 20.6 Å². The molecule has 4 N–H and O–H groups in total. The second kappa shape index (κ2) is 7.19. The van der Waals surface area contributed by atoms with E-state index in [-0.39, 0.29) is 17.2 Å². The van der Waals surface area contributed by atoms with Crippen molar-refractivity contribution in [1.29, 1.82) is 0 Å². The lowest BCUT2D eigenvalue weighted by Crippen LogP contribution is -2.27. The molecule has 0 unspecified atom stereocenters. The Morgan fingerprint density at radius 1 is 1.00 bits per heavy atom. The highest BCUT2D eigenvalue weighted by atomic mass is 16.3. The van der Waals surface area contributed by atoms with Gasteiger partial charge in [-0.05, 0) is 48.6 Å². The van der Waals surface area contributed by atoms with Gasteiger partial charge in [-0.2, -0.15) is 0 Å². The zero-order valence-corrected chi connectivity index (χ0v) is 15.6. The summed E-state index contributed by atoms with van der Waals surface area (Å²) >= 11 is 0. The molecule has 0 fully saturated rings. The normalized spacial score (nSPS) is 12.1. The number of phenols is 3. The van der Waals surface area contributed by atoms with Crippen LogP contribution in [0.3, 0.4) is 0 Å². The van der Waals surface area contributed by atoms with Gasteiger partial charge in [-0.15, -0.1) is 0 Å². The molecule has 0 aliphatic carbocycles. The molecular formula is C22H23NO4. The standard InChI is InChI=1S/C22H23NO4/c1-12-9-16-17(20(25)14(12)3)10-18(24)21(26)19(16)22(27)23-11-13(2)15-7-5-4-6-8-15/h4-10,13,24-26H,11H2,1-3H3,(H,23,27)/t13-/m1/s1. The Morgan fingerprint density at radius 3 is 2.33 bits per heavy atom. The summed E-state index contributed by atoms with van der Waals surface area (Å²) in [6.07, 6.45) is 0. The van der Waals surface area contributed by atoms with E-state index in [9.17, 15) is 20.1 Å². The fourth-order valence-corrected chi connectivity index (χ4v) is 3.20. The molecule has 5 nitrogen and oxygen atoms in total. The summed E-state index contributed by atoms with van der Waals surface area (Å²) in [4.78, 5) is 12.8. The van der Waals surface area contributed by atoms with E-state index < -0.39 is 17.4 Å². The Morgan fingerprint density at radius 2 is 1.67 bits per heavy atom. The Labute approximate surface area is 157 Å². The first-order valence-corrected chi connectivity index (χ1v) is 8.82. The first kappa shape index (κ1) is 18.6. The van der Waals surface area contributed by atoms with Crippen LogP contribution in [0.2, 0.25) is 0 Å². The molecule has 0 spiro atoms. The van der Waals surface area contributed by atoms with Gasteiger partial charge >= 0.3 is 0 Å². The van der Waals surface area contributed by atoms with Crippen molar-refractivity contribution in [2.45, 2.75) is 26.7 Å². The van der Waals surface area contributed by atoms with Crippen LogP contribution in [-0.2, 0) is 0 Å². The lowest BCUT2D eigenvalue weighted by Gasteiger charge is -2.16. The van der Waals surface area contributed by atoms with Gasteiger partial charge in [0.2, 0.25) is 0 Å². The largest absolute Gasteiger partial charge is 0.507 e. The zero-order chi connectivity index (χ0) is 19.7. The van der Waals surface area contributed by atoms with Crippen molar-refractivity contribution in [3.8, 4) is 17.2 Å². The van der Waals surface area contributed by atoms with Crippen LogP contribution in [0.15, 0.2) is 42.5 Å². The van der Waals surface area contributed by atoms with Crippen LogP contribution in [0.1, 0.15) is 39.9 Å². The van der Waals surface area contributed by atoms with Crippen molar-refractivity contribution < 1.29 is 20.1 Å². The first-order chi connectivity index (χ1) is 12.8. The second-order valence-corrected chi connectivity index (χ2v) is 6.90. The number of carbonyl (C=O) groups is 1. The fraction of sp³-hybridized carbons (Fsp3) is 0.227. The van der Waals surface area contributed by atoms with Gasteiger partial charge in [0.15, 0.2) is 11.5 Å². The van der Waals surface area contributed by atoms with E-state index in [2.05, 4.69) is 5.32 Å². The molecule has 3 aromatic rings. The Bertz CT molecular complexity index is 1010. The van der Waals surface area contributed by atoms with Gasteiger partial charge in [-0.25, -0.2) is 0 Å². The smallest absolute Gasteiger partial charge is 0.255 e. The van der Waals surface area contributed by atoms with Crippen LogP contribution in [0.25, 0.3) is 10.8 Å². The van der Waals surface area contributed by atoms with E-state index in [0.29, 0.717) is 22.9 Å². The van der Waals surface area contributed by atoms with E-state index in [1.807, 2.05) is 44.2 Å². The number of rotatable bonds is 4.